The van der Waals surface area contributed by atoms with Gasteiger partial charge in [-0.15, -0.1) is 0 Å². The maximum absolute atomic E-state index is 13.7. The highest BCUT2D eigenvalue weighted by molar-refractivity contribution is 5.98. The number of carboxylic acids is 1. The van der Waals surface area contributed by atoms with Crippen LogP contribution in [-0.4, -0.2) is 49.5 Å². The van der Waals surface area contributed by atoms with E-state index >= 15 is 0 Å². The first-order valence-corrected chi connectivity index (χ1v) is 8.87. The van der Waals surface area contributed by atoms with Crippen molar-refractivity contribution >= 4 is 11.7 Å². The van der Waals surface area contributed by atoms with Crippen LogP contribution in [0.5, 0.6) is 5.75 Å². The molecule has 1 fully saturated rings. The lowest BCUT2D eigenvalue weighted by Gasteiger charge is -2.34. The van der Waals surface area contributed by atoms with E-state index in [1.54, 1.807) is 19.1 Å². The van der Waals surface area contributed by atoms with E-state index in [9.17, 15) is 9.18 Å². The van der Waals surface area contributed by atoms with Gasteiger partial charge in [0.15, 0.2) is 11.6 Å². The Hall–Kier alpha value is -2.19. The Morgan fingerprint density at radius 3 is 2.67 bits per heavy atom. The van der Waals surface area contributed by atoms with Crippen molar-refractivity contribution in [3.8, 4) is 5.75 Å². The molecule has 0 aliphatic carbocycles. The number of hydrogen-bond donors (Lipinski definition) is 1. The number of carboxylic acid groups (broad SMARTS) is 1. The van der Waals surface area contributed by atoms with Crippen molar-refractivity contribution in [3.05, 3.63) is 29.6 Å². The smallest absolute Gasteiger partial charge is 0.364 e. The number of benzene rings is 1. The van der Waals surface area contributed by atoms with E-state index in [0.717, 1.165) is 19.3 Å². The second kappa shape index (κ2) is 9.66. The van der Waals surface area contributed by atoms with Crippen molar-refractivity contribution in [2.45, 2.75) is 38.9 Å². The molecule has 2 rings (SSSR count). The van der Waals surface area contributed by atoms with Gasteiger partial charge >= 0.3 is 5.97 Å². The molecular weight excluding hydrogens is 357 g/mol. The molecule has 1 aliphatic heterocycles. The molecule has 27 heavy (non-hydrogen) atoms. The predicted octanol–water partition coefficient (Wildman–Crippen LogP) is 3.21. The number of carbonyl (C=O) groups is 1. The van der Waals surface area contributed by atoms with Gasteiger partial charge in [-0.25, -0.2) is 9.18 Å². The van der Waals surface area contributed by atoms with Crippen molar-refractivity contribution in [1.82, 2.24) is 0 Å². The Morgan fingerprint density at radius 1 is 1.37 bits per heavy atom. The number of aliphatic carboxylic acids is 1. The Morgan fingerprint density at radius 2 is 2.07 bits per heavy atom. The maximum atomic E-state index is 13.7. The molecule has 0 radical (unpaired) electrons. The maximum Gasteiger partial charge on any atom is 0.364 e. The molecule has 8 heteroatoms. The Balaban J connectivity index is 1.65. The van der Waals surface area contributed by atoms with Crippen LogP contribution in [0.1, 0.15) is 38.7 Å². The lowest BCUT2D eigenvalue weighted by molar-refractivity contribution is -0.271. The molecule has 0 amide bonds. The Bertz CT molecular complexity index is 670. The summed E-state index contributed by atoms with van der Waals surface area (Å²) in [5.41, 5.74) is 1.21. The predicted molar refractivity (Wildman–Crippen MR) is 96.4 cm³/mol. The molecular formula is C19H26FNO6. The summed E-state index contributed by atoms with van der Waals surface area (Å²) < 4.78 is 29.2. The fourth-order valence-electron chi connectivity index (χ4n) is 2.62. The van der Waals surface area contributed by atoms with Gasteiger partial charge in [-0.3, -0.25) is 0 Å². The first-order chi connectivity index (χ1) is 12.9. The van der Waals surface area contributed by atoms with Crippen molar-refractivity contribution in [2.75, 3.05) is 26.9 Å². The first kappa shape index (κ1) is 21.1. The number of unbranched alkanes of at least 4 members (excludes halogenated alkanes) is 1. The molecule has 1 heterocycles. The highest BCUT2D eigenvalue weighted by atomic mass is 19.1. The summed E-state index contributed by atoms with van der Waals surface area (Å²) in [6, 6.07) is 4.63. The quantitative estimate of drug-likeness (QED) is 0.400. The van der Waals surface area contributed by atoms with Gasteiger partial charge in [0, 0.05) is 18.4 Å². The largest absolute Gasteiger partial charge is 0.494 e. The first-order valence-electron chi connectivity index (χ1n) is 8.87. The average molecular weight is 383 g/mol. The molecule has 1 aromatic rings. The summed E-state index contributed by atoms with van der Waals surface area (Å²) in [7, 11) is 1.42. The van der Waals surface area contributed by atoms with E-state index in [0.29, 0.717) is 31.1 Å². The third-order valence-electron chi connectivity index (χ3n) is 4.45. The van der Waals surface area contributed by atoms with E-state index in [4.69, 9.17) is 24.2 Å². The third-order valence-corrected chi connectivity index (χ3v) is 4.45. The second-order valence-corrected chi connectivity index (χ2v) is 6.59. The lowest BCUT2D eigenvalue weighted by atomic mass is 10.0. The molecule has 0 unspecified atom stereocenters. The molecule has 1 aromatic carbocycles. The number of rotatable bonds is 9. The summed E-state index contributed by atoms with van der Waals surface area (Å²) in [5.74, 6) is -2.73. The Labute approximate surface area is 158 Å². The third kappa shape index (κ3) is 5.90. The van der Waals surface area contributed by atoms with Gasteiger partial charge in [0.05, 0.1) is 26.0 Å². The van der Waals surface area contributed by atoms with Gasteiger partial charge in [0.1, 0.15) is 6.61 Å². The zero-order valence-electron chi connectivity index (χ0n) is 15.9. The van der Waals surface area contributed by atoms with Gasteiger partial charge < -0.3 is 24.2 Å². The number of nitrogens with zero attached hydrogens (tertiary/aromatic N) is 1. The van der Waals surface area contributed by atoms with Crippen molar-refractivity contribution in [2.24, 2.45) is 11.1 Å². The highest BCUT2D eigenvalue weighted by Gasteiger charge is 2.40. The minimum Gasteiger partial charge on any atom is -0.494 e. The summed E-state index contributed by atoms with van der Waals surface area (Å²) in [6.07, 6.45) is 2.53. The van der Waals surface area contributed by atoms with E-state index in [-0.39, 0.29) is 11.7 Å². The molecule has 1 saturated heterocycles. The normalized spacial score (nSPS) is 23.1. The summed E-state index contributed by atoms with van der Waals surface area (Å²) in [4.78, 5) is 16.3. The van der Waals surface area contributed by atoms with E-state index < -0.39 is 17.6 Å². The molecule has 0 aromatic heterocycles. The monoisotopic (exact) mass is 383 g/mol. The van der Waals surface area contributed by atoms with E-state index in [1.807, 2.05) is 0 Å². The van der Waals surface area contributed by atoms with Crippen LogP contribution < -0.4 is 4.74 Å². The van der Waals surface area contributed by atoms with Crippen LogP contribution in [0.15, 0.2) is 23.4 Å². The van der Waals surface area contributed by atoms with Crippen molar-refractivity contribution in [3.63, 3.8) is 0 Å². The Kier molecular flexibility index (Phi) is 7.55. The van der Waals surface area contributed by atoms with Crippen LogP contribution in [-0.2, 0) is 19.1 Å². The second-order valence-electron chi connectivity index (χ2n) is 6.59. The van der Waals surface area contributed by atoms with Crippen LogP contribution in [0.3, 0.4) is 0 Å². The standard InChI is InChI=1S/C19H26FNO6/c1-13(15-7-8-17(24-3)16(20)10-15)21-27-9-5-4-6-14-11-25-19(2,18(22)23)26-12-14/h7-8,10,14H,4-6,9,11-12H2,1-3H3,(H,22,23). The minimum atomic E-state index is -1.53. The molecule has 7 nitrogen and oxygen atoms in total. The van der Waals surface area contributed by atoms with Gasteiger partial charge in [0.25, 0.3) is 5.79 Å². The van der Waals surface area contributed by atoms with Gasteiger partial charge in [-0.05, 0) is 44.4 Å². The van der Waals surface area contributed by atoms with Crippen LogP contribution in [0, 0.1) is 11.7 Å². The van der Waals surface area contributed by atoms with Gasteiger partial charge in [-0.2, -0.15) is 0 Å². The summed E-state index contributed by atoms with van der Waals surface area (Å²) in [6.45, 7) is 4.33. The minimum absolute atomic E-state index is 0.171. The van der Waals surface area contributed by atoms with Crippen molar-refractivity contribution in [1.29, 1.82) is 0 Å². The number of oxime groups is 1. The molecule has 150 valence electrons. The fraction of sp³-hybridized carbons (Fsp3) is 0.579. The zero-order valence-corrected chi connectivity index (χ0v) is 15.9. The summed E-state index contributed by atoms with van der Waals surface area (Å²) in [5, 5.41) is 13.0. The number of ether oxygens (including phenoxy) is 3. The van der Waals surface area contributed by atoms with Gasteiger partial charge in [-0.1, -0.05) is 5.16 Å². The number of hydrogen-bond acceptors (Lipinski definition) is 6. The van der Waals surface area contributed by atoms with E-state index in [2.05, 4.69) is 5.16 Å². The summed E-state index contributed by atoms with van der Waals surface area (Å²) >= 11 is 0. The lowest BCUT2D eigenvalue weighted by Crippen LogP contribution is -2.47. The number of methoxy groups -OCH3 is 1. The fourth-order valence-corrected chi connectivity index (χ4v) is 2.62. The molecule has 0 saturated carbocycles. The van der Waals surface area contributed by atoms with Crippen LogP contribution in [0.25, 0.3) is 0 Å². The topological polar surface area (TPSA) is 86.6 Å². The molecule has 0 spiro atoms. The molecule has 0 atom stereocenters. The molecule has 1 aliphatic rings. The van der Waals surface area contributed by atoms with E-state index in [1.165, 1.54) is 20.1 Å². The highest BCUT2D eigenvalue weighted by Crippen LogP contribution is 2.24. The van der Waals surface area contributed by atoms with Crippen LogP contribution in [0.2, 0.25) is 0 Å². The molecule has 1 N–H and O–H groups in total. The SMILES string of the molecule is COc1ccc(C(C)=NOCCCCC2COC(C)(C(=O)O)OC2)cc1F. The van der Waals surface area contributed by atoms with Gasteiger partial charge in [0.2, 0.25) is 0 Å². The zero-order chi connectivity index (χ0) is 19.9. The van der Waals surface area contributed by atoms with Crippen LogP contribution in [0.4, 0.5) is 4.39 Å². The molecule has 0 bridgehead atoms. The van der Waals surface area contributed by atoms with Crippen LogP contribution >= 0.6 is 0 Å². The number of halogens is 1. The average Bonchev–Trinajstić information content (AvgIpc) is 2.65. The van der Waals surface area contributed by atoms with Crippen molar-refractivity contribution < 1.29 is 33.3 Å².